The van der Waals surface area contributed by atoms with Crippen LogP contribution in [0, 0.1) is 0 Å². The van der Waals surface area contributed by atoms with Gasteiger partial charge in [-0.3, -0.25) is 13.9 Å². The minimum absolute atomic E-state index is 0.00170. The number of carbonyl (C=O) groups excluding carboxylic acids is 1. The first-order chi connectivity index (χ1) is 20.0. The van der Waals surface area contributed by atoms with E-state index in [4.69, 9.17) is 27.4 Å². The number of unbranched alkanes of at least 4 members (excludes halogenated alkanes) is 1. The van der Waals surface area contributed by atoms with Crippen molar-refractivity contribution in [3.05, 3.63) is 53.1 Å². The molecule has 13 nitrogen and oxygen atoms in total. The largest absolute Gasteiger partial charge is 0.478 e. The molecule has 1 aliphatic rings. The standard InChI is InChI=1S/C26H38N3O10P/c1-6-7-15-35-21-13-14-29(25(32)27-21)24-26(5,33)22(30)20(38-24)16-36-40(34,39-19-11-9-8-10-12-19)28-18(4)23(31)37-17(2)3/h8-14,17-18,20,22,24,30,33H,6-7,15-16H2,1-5H3,(H,28,34)/t18-,20+,22+,24+,26+,40-/m0/s1/i13D,16D2. The maximum Gasteiger partial charge on any atom is 0.459 e. The van der Waals surface area contributed by atoms with Crippen molar-refractivity contribution in [2.45, 2.75) is 83.6 Å². The highest BCUT2D eigenvalue weighted by Crippen LogP contribution is 2.47. The van der Waals surface area contributed by atoms with Crippen LogP contribution in [0.3, 0.4) is 0 Å². The van der Waals surface area contributed by atoms with Gasteiger partial charge in [-0.1, -0.05) is 31.5 Å². The summed E-state index contributed by atoms with van der Waals surface area (Å²) in [6, 6.07) is 5.99. The summed E-state index contributed by atoms with van der Waals surface area (Å²) in [4.78, 5) is 29.0. The number of benzene rings is 1. The number of aliphatic hydroxyl groups excluding tert-OH is 1. The summed E-state index contributed by atoms with van der Waals surface area (Å²) < 4.78 is 66.8. The molecule has 40 heavy (non-hydrogen) atoms. The van der Waals surface area contributed by atoms with Crippen LogP contribution in [0.5, 0.6) is 11.6 Å². The zero-order valence-corrected chi connectivity index (χ0v) is 23.9. The first kappa shape index (κ1) is 27.4. The van der Waals surface area contributed by atoms with Crippen molar-refractivity contribution in [2.75, 3.05) is 13.2 Å². The molecule has 3 rings (SSSR count). The Bertz CT molecular complexity index is 1360. The summed E-state index contributed by atoms with van der Waals surface area (Å²) in [5.74, 6) is -1.06. The number of ether oxygens (including phenoxy) is 3. The fraction of sp³-hybridized carbons (Fsp3) is 0.577. The van der Waals surface area contributed by atoms with Gasteiger partial charge in [0.25, 0.3) is 0 Å². The normalized spacial score (nSPS) is 26.3. The van der Waals surface area contributed by atoms with Gasteiger partial charge < -0.3 is 28.9 Å². The Hall–Kier alpha value is -2.80. The lowest BCUT2D eigenvalue weighted by atomic mass is 9.96. The fourth-order valence-corrected chi connectivity index (χ4v) is 4.96. The van der Waals surface area contributed by atoms with E-state index in [1.54, 1.807) is 32.0 Å². The van der Waals surface area contributed by atoms with Crippen LogP contribution in [0.4, 0.5) is 0 Å². The van der Waals surface area contributed by atoms with E-state index in [-0.39, 0.29) is 24.3 Å². The number of carbonyl (C=O) groups is 1. The average Bonchev–Trinajstić information content (AvgIpc) is 3.14. The third-order valence-electron chi connectivity index (χ3n) is 5.71. The van der Waals surface area contributed by atoms with E-state index in [1.807, 2.05) is 6.92 Å². The molecule has 0 bridgehead atoms. The molecule has 3 N–H and O–H groups in total. The number of rotatable bonds is 14. The quantitative estimate of drug-likeness (QED) is 0.168. The number of nitrogens with one attached hydrogen (secondary N) is 1. The summed E-state index contributed by atoms with van der Waals surface area (Å²) in [6.07, 6.45) is -3.90. The Balaban J connectivity index is 1.91. The second kappa shape index (κ2) is 13.7. The molecule has 0 radical (unpaired) electrons. The topological polar surface area (TPSA) is 168 Å². The molecule has 0 aliphatic carbocycles. The monoisotopic (exact) mass is 586 g/mol. The minimum Gasteiger partial charge on any atom is -0.478 e. The van der Waals surface area contributed by atoms with Crippen LogP contribution < -0.4 is 20.0 Å². The van der Waals surface area contributed by atoms with Crippen LogP contribution in [0.15, 0.2) is 47.4 Å². The molecule has 222 valence electrons. The molecule has 14 heteroatoms. The van der Waals surface area contributed by atoms with Gasteiger partial charge in [0, 0.05) is 12.2 Å². The number of aliphatic hydroxyl groups is 2. The average molecular weight is 587 g/mol. The third-order valence-corrected chi connectivity index (χ3v) is 7.21. The molecule has 1 aromatic carbocycles. The van der Waals surface area contributed by atoms with Crippen molar-refractivity contribution in [1.82, 2.24) is 14.6 Å². The Morgan fingerprint density at radius 1 is 1.35 bits per heavy atom. The van der Waals surface area contributed by atoms with Crippen LogP contribution in [0.2, 0.25) is 0 Å². The predicted octanol–water partition coefficient (Wildman–Crippen LogP) is 2.56. The van der Waals surface area contributed by atoms with Crippen molar-refractivity contribution in [2.24, 2.45) is 0 Å². The number of esters is 1. The van der Waals surface area contributed by atoms with Gasteiger partial charge in [0.05, 0.1) is 23.4 Å². The van der Waals surface area contributed by atoms with Gasteiger partial charge in [-0.2, -0.15) is 10.1 Å². The van der Waals surface area contributed by atoms with E-state index in [9.17, 15) is 24.4 Å². The van der Waals surface area contributed by atoms with Crippen molar-refractivity contribution in [3.63, 3.8) is 0 Å². The second-order valence-electron chi connectivity index (χ2n) is 9.61. The van der Waals surface area contributed by atoms with Crippen molar-refractivity contribution >= 4 is 13.7 Å². The van der Waals surface area contributed by atoms with Crippen LogP contribution in [0.1, 0.15) is 57.8 Å². The van der Waals surface area contributed by atoms with Crippen LogP contribution in [0.25, 0.3) is 0 Å². The zero-order chi connectivity index (χ0) is 32.2. The van der Waals surface area contributed by atoms with Crippen molar-refractivity contribution in [3.8, 4) is 11.6 Å². The predicted molar refractivity (Wildman–Crippen MR) is 144 cm³/mol. The van der Waals surface area contributed by atoms with Gasteiger partial charge >= 0.3 is 19.4 Å². The van der Waals surface area contributed by atoms with E-state index in [1.165, 1.54) is 19.1 Å². The second-order valence-corrected chi connectivity index (χ2v) is 11.2. The Kier molecular flexibility index (Phi) is 9.38. The van der Waals surface area contributed by atoms with E-state index in [0.29, 0.717) is 6.42 Å². The van der Waals surface area contributed by atoms with Gasteiger partial charge in [0.15, 0.2) is 6.23 Å². The number of hydrogen-bond donors (Lipinski definition) is 3. The number of para-hydroxylation sites is 1. The van der Waals surface area contributed by atoms with Crippen molar-refractivity contribution < 1.29 is 46.9 Å². The number of aromatic nitrogens is 2. The summed E-state index contributed by atoms with van der Waals surface area (Å²) in [5.41, 5.74) is -3.32. The molecule has 1 aromatic heterocycles. The maximum atomic E-state index is 13.9. The van der Waals surface area contributed by atoms with Crippen molar-refractivity contribution in [1.29, 1.82) is 0 Å². The molecule has 0 saturated carbocycles. The molecule has 1 fully saturated rings. The minimum atomic E-state index is -4.79. The Morgan fingerprint density at radius 3 is 2.70 bits per heavy atom. The number of hydrogen-bond acceptors (Lipinski definition) is 11. The smallest absolute Gasteiger partial charge is 0.459 e. The third kappa shape index (κ3) is 8.12. The molecule has 0 unspecified atom stereocenters. The summed E-state index contributed by atoms with van der Waals surface area (Å²) in [7, 11) is -4.79. The Morgan fingerprint density at radius 2 is 2.05 bits per heavy atom. The molecular formula is C26H38N3O10P. The first-order valence-corrected chi connectivity index (χ1v) is 14.4. The molecule has 2 heterocycles. The highest BCUT2D eigenvalue weighted by atomic mass is 31.2. The molecule has 0 amide bonds. The highest BCUT2D eigenvalue weighted by molar-refractivity contribution is 7.52. The Labute approximate surface area is 237 Å². The van der Waals surface area contributed by atoms with Gasteiger partial charge in [0.2, 0.25) is 5.88 Å². The van der Waals surface area contributed by atoms with Gasteiger partial charge in [0.1, 0.15) is 29.6 Å². The van der Waals surface area contributed by atoms with E-state index in [2.05, 4.69) is 10.1 Å². The van der Waals surface area contributed by atoms with Gasteiger partial charge in [-0.05, 0) is 46.2 Å². The lowest BCUT2D eigenvalue weighted by molar-refractivity contribution is -0.149. The molecule has 6 atom stereocenters. The molecule has 1 aliphatic heterocycles. The molecular weight excluding hydrogens is 545 g/mol. The first-order valence-electron chi connectivity index (χ1n) is 14.3. The lowest BCUT2D eigenvalue weighted by Crippen LogP contribution is -2.46. The molecule has 0 spiro atoms. The van der Waals surface area contributed by atoms with Crippen LogP contribution >= 0.6 is 7.75 Å². The number of nitrogens with zero attached hydrogens (tertiary/aromatic N) is 2. The van der Waals surface area contributed by atoms with E-state index >= 15 is 0 Å². The van der Waals surface area contributed by atoms with Crippen LogP contribution in [-0.2, 0) is 23.4 Å². The zero-order valence-electron chi connectivity index (χ0n) is 26.0. The van der Waals surface area contributed by atoms with Crippen LogP contribution in [-0.4, -0.2) is 68.9 Å². The molecule has 1 saturated heterocycles. The summed E-state index contributed by atoms with van der Waals surface area (Å²) in [6.45, 7) is 4.60. The summed E-state index contributed by atoms with van der Waals surface area (Å²) in [5, 5.41) is 24.5. The van der Waals surface area contributed by atoms with E-state index in [0.717, 1.165) is 24.1 Å². The SMILES string of the molecule is [2H]c1cn([C@@H]2O[C@H](C([2H])([2H])O[P@@](=O)(N[C@@H](C)C(=O)OC(C)C)Oc3ccccc3)[C@@H](O)[C@@]2(C)O)c(=O)nc1OCCCC. The van der Waals surface area contributed by atoms with E-state index < -0.39 is 62.1 Å². The highest BCUT2D eigenvalue weighted by Gasteiger charge is 2.54. The molecule has 2 aromatic rings. The maximum absolute atomic E-state index is 13.9. The van der Waals surface area contributed by atoms with Gasteiger partial charge in [-0.15, -0.1) is 0 Å². The summed E-state index contributed by atoms with van der Waals surface area (Å²) >= 11 is 0. The lowest BCUT2D eigenvalue weighted by Gasteiger charge is -2.27. The fourth-order valence-electron chi connectivity index (χ4n) is 3.59. The van der Waals surface area contributed by atoms with Gasteiger partial charge in [-0.25, -0.2) is 9.36 Å².